The van der Waals surface area contributed by atoms with Gasteiger partial charge in [-0.05, 0) is 41.2 Å². The summed E-state index contributed by atoms with van der Waals surface area (Å²) in [5.74, 6) is 0.0149. The lowest BCUT2D eigenvalue weighted by Gasteiger charge is -2.32. The van der Waals surface area contributed by atoms with E-state index in [-0.39, 0.29) is 18.0 Å². The van der Waals surface area contributed by atoms with Crippen LogP contribution < -0.4 is 5.32 Å². The number of carbonyl (C=O) groups is 1. The third-order valence-corrected chi connectivity index (χ3v) is 2.35. The van der Waals surface area contributed by atoms with Crippen molar-refractivity contribution in [2.75, 3.05) is 13.1 Å². The normalized spacial score (nSPS) is 14.3. The van der Waals surface area contributed by atoms with Gasteiger partial charge in [0.15, 0.2) is 0 Å². The Balaban J connectivity index is 4.41. The average Bonchev–Trinajstić information content (AvgIpc) is 2.10. The molecule has 1 atom stereocenters. The maximum Gasteiger partial charge on any atom is 0.237 e. The molecule has 0 aromatic heterocycles. The van der Waals surface area contributed by atoms with E-state index in [0.29, 0.717) is 6.54 Å². The Hall–Kier alpha value is -0.610. The van der Waals surface area contributed by atoms with Crippen molar-refractivity contribution in [1.29, 1.82) is 0 Å². The van der Waals surface area contributed by atoms with Crippen LogP contribution in [0.25, 0.3) is 0 Å². The van der Waals surface area contributed by atoms with Crippen molar-refractivity contribution in [3.8, 4) is 0 Å². The number of rotatable bonds is 6. The molecular weight excluding hydrogens is 204 g/mol. The van der Waals surface area contributed by atoms with E-state index in [2.05, 4.69) is 5.32 Å². The first-order valence-corrected chi connectivity index (χ1v) is 5.94. The van der Waals surface area contributed by atoms with Crippen molar-refractivity contribution in [2.45, 2.75) is 59.2 Å². The third-order valence-electron chi connectivity index (χ3n) is 2.35. The molecule has 1 amide bonds. The lowest BCUT2D eigenvalue weighted by Crippen LogP contribution is -2.51. The zero-order valence-corrected chi connectivity index (χ0v) is 11.4. The number of likely N-dealkylation sites (N-methyl/N-ethyl adjacent to an activating group) is 1. The van der Waals surface area contributed by atoms with Gasteiger partial charge < -0.3 is 10.4 Å². The van der Waals surface area contributed by atoms with E-state index in [4.69, 9.17) is 0 Å². The Labute approximate surface area is 99.0 Å². The topological polar surface area (TPSA) is 52.6 Å². The second-order valence-electron chi connectivity index (χ2n) is 5.21. The summed E-state index contributed by atoms with van der Waals surface area (Å²) >= 11 is 0. The van der Waals surface area contributed by atoms with Crippen molar-refractivity contribution in [1.82, 2.24) is 10.2 Å². The zero-order chi connectivity index (χ0) is 12.9. The number of hydrogen-bond acceptors (Lipinski definition) is 3. The molecule has 0 rings (SSSR count). The van der Waals surface area contributed by atoms with Gasteiger partial charge in [0.2, 0.25) is 5.91 Å². The molecule has 0 aromatic carbocycles. The van der Waals surface area contributed by atoms with Crippen LogP contribution in [0.4, 0.5) is 0 Å². The smallest absolute Gasteiger partial charge is 0.237 e. The van der Waals surface area contributed by atoms with Crippen molar-refractivity contribution < 1.29 is 9.90 Å². The minimum atomic E-state index is -0.775. The van der Waals surface area contributed by atoms with E-state index in [1.54, 1.807) is 13.8 Å². The highest BCUT2D eigenvalue weighted by Gasteiger charge is 2.25. The molecule has 1 unspecified atom stereocenters. The molecule has 4 nitrogen and oxygen atoms in total. The first kappa shape index (κ1) is 15.4. The van der Waals surface area contributed by atoms with Crippen LogP contribution in [-0.4, -0.2) is 46.7 Å². The van der Waals surface area contributed by atoms with Gasteiger partial charge in [-0.25, -0.2) is 0 Å². The molecule has 16 heavy (non-hydrogen) atoms. The fourth-order valence-electron chi connectivity index (χ4n) is 1.59. The second-order valence-corrected chi connectivity index (χ2v) is 5.21. The van der Waals surface area contributed by atoms with Gasteiger partial charge in [0.05, 0.1) is 11.6 Å². The Morgan fingerprint density at radius 1 is 1.38 bits per heavy atom. The summed E-state index contributed by atoms with van der Waals surface area (Å²) in [6, 6.07) is -0.0605. The standard InChI is InChI=1S/C12H26N2O2/c1-7-14(8-12(5,6)16)10(4)11(15)13-9(2)3/h9-10,16H,7-8H2,1-6H3,(H,13,15). The van der Waals surface area contributed by atoms with Gasteiger partial charge in [-0.2, -0.15) is 0 Å². The van der Waals surface area contributed by atoms with Gasteiger partial charge in [-0.3, -0.25) is 9.69 Å². The number of aliphatic hydroxyl groups is 1. The molecule has 0 aromatic rings. The summed E-state index contributed by atoms with van der Waals surface area (Å²) in [5, 5.41) is 12.6. The summed E-state index contributed by atoms with van der Waals surface area (Å²) in [6.07, 6.45) is 0. The van der Waals surface area contributed by atoms with Crippen molar-refractivity contribution in [3.63, 3.8) is 0 Å². The molecule has 0 aliphatic carbocycles. The highest BCUT2D eigenvalue weighted by Crippen LogP contribution is 2.08. The minimum absolute atomic E-state index is 0.0149. The second kappa shape index (κ2) is 6.21. The molecular formula is C12H26N2O2. The van der Waals surface area contributed by atoms with E-state index in [1.165, 1.54) is 0 Å². The van der Waals surface area contributed by atoms with E-state index >= 15 is 0 Å². The van der Waals surface area contributed by atoms with Gasteiger partial charge in [-0.1, -0.05) is 6.92 Å². The van der Waals surface area contributed by atoms with Gasteiger partial charge in [-0.15, -0.1) is 0 Å². The number of nitrogens with zero attached hydrogens (tertiary/aromatic N) is 1. The molecule has 4 heteroatoms. The third kappa shape index (κ3) is 6.08. The fourth-order valence-corrected chi connectivity index (χ4v) is 1.59. The maximum absolute atomic E-state index is 11.8. The van der Waals surface area contributed by atoms with Gasteiger partial charge in [0.1, 0.15) is 0 Å². The monoisotopic (exact) mass is 230 g/mol. The molecule has 0 aliphatic heterocycles. The Bertz CT molecular complexity index is 222. The summed E-state index contributed by atoms with van der Waals surface area (Å²) in [5.41, 5.74) is -0.775. The van der Waals surface area contributed by atoms with Gasteiger partial charge in [0.25, 0.3) is 0 Å². The van der Waals surface area contributed by atoms with Crippen LogP contribution in [0, 0.1) is 0 Å². The molecule has 0 bridgehead atoms. The van der Waals surface area contributed by atoms with Gasteiger partial charge in [0, 0.05) is 12.6 Å². The Morgan fingerprint density at radius 2 is 1.88 bits per heavy atom. The van der Waals surface area contributed by atoms with Crippen molar-refractivity contribution in [3.05, 3.63) is 0 Å². The molecule has 0 spiro atoms. The molecule has 2 N–H and O–H groups in total. The van der Waals surface area contributed by atoms with Crippen LogP contribution >= 0.6 is 0 Å². The van der Waals surface area contributed by atoms with Crippen LogP contribution in [0.3, 0.4) is 0 Å². The minimum Gasteiger partial charge on any atom is -0.389 e. The van der Waals surface area contributed by atoms with Crippen LogP contribution in [0.5, 0.6) is 0 Å². The molecule has 0 saturated heterocycles. The summed E-state index contributed by atoms with van der Waals surface area (Å²) in [6.45, 7) is 12.5. The van der Waals surface area contributed by atoms with Crippen molar-refractivity contribution in [2.24, 2.45) is 0 Å². The van der Waals surface area contributed by atoms with Crippen LogP contribution in [-0.2, 0) is 4.79 Å². The average molecular weight is 230 g/mol. The highest BCUT2D eigenvalue weighted by molar-refractivity contribution is 5.81. The fraction of sp³-hybridized carbons (Fsp3) is 0.917. The number of hydrogen-bond donors (Lipinski definition) is 2. The van der Waals surface area contributed by atoms with Crippen LogP contribution in [0.15, 0.2) is 0 Å². The first-order chi connectivity index (χ1) is 7.17. The predicted octanol–water partition coefficient (Wildman–Crippen LogP) is 0.992. The van der Waals surface area contributed by atoms with E-state index < -0.39 is 5.60 Å². The largest absolute Gasteiger partial charge is 0.389 e. The number of amides is 1. The number of nitrogens with one attached hydrogen (secondary N) is 1. The summed E-state index contributed by atoms with van der Waals surface area (Å²) in [4.78, 5) is 13.8. The first-order valence-electron chi connectivity index (χ1n) is 5.94. The maximum atomic E-state index is 11.8. The van der Waals surface area contributed by atoms with E-state index in [9.17, 15) is 9.90 Å². The van der Waals surface area contributed by atoms with E-state index in [0.717, 1.165) is 6.54 Å². The molecule has 0 saturated carbocycles. The van der Waals surface area contributed by atoms with Crippen molar-refractivity contribution >= 4 is 5.91 Å². The zero-order valence-electron chi connectivity index (χ0n) is 11.4. The Morgan fingerprint density at radius 3 is 2.19 bits per heavy atom. The quantitative estimate of drug-likeness (QED) is 0.715. The predicted molar refractivity (Wildman–Crippen MR) is 66.3 cm³/mol. The molecule has 0 radical (unpaired) electrons. The summed E-state index contributed by atoms with van der Waals surface area (Å²) < 4.78 is 0. The summed E-state index contributed by atoms with van der Waals surface area (Å²) in [7, 11) is 0. The van der Waals surface area contributed by atoms with Crippen LogP contribution in [0.2, 0.25) is 0 Å². The molecule has 0 heterocycles. The van der Waals surface area contributed by atoms with Crippen LogP contribution in [0.1, 0.15) is 41.5 Å². The molecule has 96 valence electrons. The van der Waals surface area contributed by atoms with Gasteiger partial charge >= 0.3 is 0 Å². The number of carbonyl (C=O) groups excluding carboxylic acids is 1. The lowest BCUT2D eigenvalue weighted by atomic mass is 10.1. The highest BCUT2D eigenvalue weighted by atomic mass is 16.3. The Kier molecular flexibility index (Phi) is 5.97. The van der Waals surface area contributed by atoms with E-state index in [1.807, 2.05) is 32.6 Å². The lowest BCUT2D eigenvalue weighted by molar-refractivity contribution is -0.127. The SMILES string of the molecule is CCN(CC(C)(C)O)C(C)C(=O)NC(C)C. The molecule has 0 aliphatic rings. The molecule has 0 fully saturated rings.